The second-order valence-electron chi connectivity index (χ2n) is 19.5. The topological polar surface area (TPSA) is 3.24 Å². The lowest BCUT2D eigenvalue weighted by atomic mass is 9.51. The number of aryl methyl sites for hydroxylation is 2. The zero-order valence-corrected chi connectivity index (χ0v) is 35.7. The Balaban J connectivity index is 0.980. The number of benzene rings is 8. The maximum atomic E-state index is 2.54. The molecule has 1 spiro atoms. The van der Waals surface area contributed by atoms with Gasteiger partial charge in [-0.3, -0.25) is 0 Å². The summed E-state index contributed by atoms with van der Waals surface area (Å²) in [6, 6.07) is 69.6. The van der Waals surface area contributed by atoms with Gasteiger partial charge in [-0.05, 0) is 184 Å². The Morgan fingerprint density at radius 2 is 0.823 bits per heavy atom. The molecular formula is C61H51N. The molecule has 0 aromatic heterocycles. The molecule has 8 aromatic carbocycles. The highest BCUT2D eigenvalue weighted by Crippen LogP contribution is 2.64. The maximum Gasteiger partial charge on any atom is 0.0726 e. The van der Waals surface area contributed by atoms with Crippen LogP contribution >= 0.6 is 0 Å². The van der Waals surface area contributed by atoms with E-state index in [4.69, 9.17) is 0 Å². The minimum Gasteiger partial charge on any atom is -0.310 e. The summed E-state index contributed by atoms with van der Waals surface area (Å²) in [6.07, 6.45) is 7.26. The zero-order chi connectivity index (χ0) is 41.1. The molecular weight excluding hydrogens is 747 g/mol. The minimum atomic E-state index is -0.412. The van der Waals surface area contributed by atoms with Crippen molar-refractivity contribution in [2.75, 3.05) is 4.90 Å². The molecule has 6 aliphatic rings. The molecule has 0 amide bonds. The Morgan fingerprint density at radius 1 is 0.371 bits per heavy atom. The van der Waals surface area contributed by atoms with Crippen molar-refractivity contribution < 1.29 is 0 Å². The molecule has 0 atom stereocenters. The van der Waals surface area contributed by atoms with E-state index in [1.807, 2.05) is 0 Å². The molecule has 0 aliphatic heterocycles. The molecule has 4 saturated carbocycles. The molecule has 14 rings (SSSR count). The van der Waals surface area contributed by atoms with Crippen molar-refractivity contribution >= 4 is 17.1 Å². The van der Waals surface area contributed by atoms with Crippen molar-refractivity contribution in [3.8, 4) is 44.5 Å². The van der Waals surface area contributed by atoms with E-state index in [2.05, 4.69) is 201 Å². The molecule has 62 heavy (non-hydrogen) atoms. The van der Waals surface area contributed by atoms with Crippen LogP contribution in [-0.4, -0.2) is 0 Å². The number of hydrogen-bond donors (Lipinski definition) is 0. The average Bonchev–Trinajstić information content (AvgIpc) is 3.75. The van der Waals surface area contributed by atoms with Crippen LogP contribution in [0.1, 0.15) is 77.0 Å². The molecule has 0 saturated heterocycles. The van der Waals surface area contributed by atoms with E-state index in [1.165, 1.54) is 121 Å². The fourth-order valence-electron chi connectivity index (χ4n) is 13.7. The van der Waals surface area contributed by atoms with Gasteiger partial charge in [0.15, 0.2) is 0 Å². The van der Waals surface area contributed by atoms with Crippen molar-refractivity contribution in [2.45, 2.75) is 57.3 Å². The van der Waals surface area contributed by atoms with Crippen molar-refractivity contribution in [3.63, 3.8) is 0 Å². The van der Waals surface area contributed by atoms with Crippen molar-refractivity contribution in [1.82, 2.24) is 0 Å². The standard InChI is InChI=1S/C61H51N/c1-38-16-27-53-54-28-17-39(2)31-58(54)61(57(53)30-38)56-15-9-8-14-52(56)55-29-26-49(37-59(55)61)62(48-24-20-44(21-25-48)60-45-33-40-32-41(35-45)36-46(60)34-40)47-22-18-43(19-23-47)51-13-7-6-12-50(51)42-10-4-3-5-11-42/h3-31,37,40-41,45-46,60H,32-36H2,1-2H3. The van der Waals surface area contributed by atoms with Gasteiger partial charge in [-0.2, -0.15) is 0 Å². The molecule has 0 heterocycles. The molecule has 300 valence electrons. The monoisotopic (exact) mass is 797 g/mol. The first kappa shape index (κ1) is 36.2. The highest BCUT2D eigenvalue weighted by Gasteiger charge is 2.52. The SMILES string of the molecule is Cc1ccc2c(c1)C1(c3ccccc3-c3ccc(N(c4ccc(-c5ccccc5-c5ccccc5)cc4)c4ccc(C5C6CC7CC(C6)CC5C7)cc4)cc31)c1cc(C)ccc1-2. The van der Waals surface area contributed by atoms with E-state index in [0.29, 0.717) is 5.92 Å². The van der Waals surface area contributed by atoms with Crippen LogP contribution in [0.15, 0.2) is 182 Å². The highest BCUT2D eigenvalue weighted by atomic mass is 15.1. The summed E-state index contributed by atoms with van der Waals surface area (Å²) in [5.41, 5.74) is 23.2. The number of nitrogens with zero attached hydrogens (tertiary/aromatic N) is 1. The van der Waals surface area contributed by atoms with Gasteiger partial charge in [-0.15, -0.1) is 0 Å². The Labute approximate surface area is 366 Å². The number of fused-ring (bicyclic) bond motifs is 10. The van der Waals surface area contributed by atoms with E-state index >= 15 is 0 Å². The summed E-state index contributed by atoms with van der Waals surface area (Å²) in [4.78, 5) is 2.52. The molecule has 0 N–H and O–H groups in total. The fraction of sp³-hybridized carbons (Fsp3) is 0.213. The first-order chi connectivity index (χ1) is 30.5. The third-order valence-electron chi connectivity index (χ3n) is 15.9. The van der Waals surface area contributed by atoms with Gasteiger partial charge in [0.05, 0.1) is 5.41 Å². The summed E-state index contributed by atoms with van der Waals surface area (Å²) >= 11 is 0. The van der Waals surface area contributed by atoms with Crippen molar-refractivity contribution in [3.05, 3.63) is 221 Å². The smallest absolute Gasteiger partial charge is 0.0726 e. The van der Waals surface area contributed by atoms with Crippen LogP contribution in [0.3, 0.4) is 0 Å². The van der Waals surface area contributed by atoms with E-state index in [9.17, 15) is 0 Å². The molecule has 0 unspecified atom stereocenters. The van der Waals surface area contributed by atoms with Crippen LogP contribution in [-0.2, 0) is 5.41 Å². The molecule has 4 bridgehead atoms. The summed E-state index contributed by atoms with van der Waals surface area (Å²) in [5, 5.41) is 0. The molecule has 0 radical (unpaired) electrons. The lowest BCUT2D eigenvalue weighted by Gasteiger charge is -2.54. The predicted molar refractivity (Wildman–Crippen MR) is 258 cm³/mol. The summed E-state index contributed by atoms with van der Waals surface area (Å²) in [5.74, 6) is 4.39. The summed E-state index contributed by atoms with van der Waals surface area (Å²) in [6.45, 7) is 4.49. The van der Waals surface area contributed by atoms with Crippen molar-refractivity contribution in [1.29, 1.82) is 0 Å². The Bertz CT molecular complexity index is 2960. The van der Waals surface area contributed by atoms with Gasteiger partial charge >= 0.3 is 0 Å². The van der Waals surface area contributed by atoms with Crippen LogP contribution in [0, 0.1) is 37.5 Å². The lowest BCUT2D eigenvalue weighted by molar-refractivity contribution is -0.00277. The largest absolute Gasteiger partial charge is 0.310 e. The zero-order valence-electron chi connectivity index (χ0n) is 35.7. The van der Waals surface area contributed by atoms with E-state index in [0.717, 1.165) is 29.4 Å². The third-order valence-corrected chi connectivity index (χ3v) is 15.9. The quantitative estimate of drug-likeness (QED) is 0.162. The number of anilines is 3. The summed E-state index contributed by atoms with van der Waals surface area (Å²) in [7, 11) is 0. The van der Waals surface area contributed by atoms with E-state index in [-0.39, 0.29) is 0 Å². The van der Waals surface area contributed by atoms with Gasteiger partial charge in [0, 0.05) is 17.1 Å². The lowest BCUT2D eigenvalue weighted by Crippen LogP contribution is -2.43. The van der Waals surface area contributed by atoms with Crippen LogP contribution in [0.4, 0.5) is 17.1 Å². The van der Waals surface area contributed by atoms with E-state index < -0.39 is 5.41 Å². The fourth-order valence-corrected chi connectivity index (χ4v) is 13.7. The van der Waals surface area contributed by atoms with Crippen LogP contribution in [0.5, 0.6) is 0 Å². The van der Waals surface area contributed by atoms with Gasteiger partial charge in [0.1, 0.15) is 0 Å². The predicted octanol–water partition coefficient (Wildman–Crippen LogP) is 16.0. The Hall–Kier alpha value is -6.44. The molecule has 6 aliphatic carbocycles. The van der Waals surface area contributed by atoms with Gasteiger partial charge in [0.25, 0.3) is 0 Å². The summed E-state index contributed by atoms with van der Waals surface area (Å²) < 4.78 is 0. The molecule has 1 heteroatoms. The number of rotatable bonds is 6. The Morgan fingerprint density at radius 3 is 1.42 bits per heavy atom. The highest BCUT2D eigenvalue weighted by molar-refractivity contribution is 5.96. The van der Waals surface area contributed by atoms with E-state index in [1.54, 1.807) is 5.56 Å². The van der Waals surface area contributed by atoms with Gasteiger partial charge < -0.3 is 4.90 Å². The normalized spacial score (nSPS) is 21.7. The second-order valence-corrected chi connectivity index (χ2v) is 19.5. The third kappa shape index (κ3) is 5.33. The van der Waals surface area contributed by atoms with Gasteiger partial charge in [0.2, 0.25) is 0 Å². The van der Waals surface area contributed by atoms with Crippen LogP contribution in [0.2, 0.25) is 0 Å². The molecule has 1 nitrogen and oxygen atoms in total. The maximum absolute atomic E-state index is 2.54. The van der Waals surface area contributed by atoms with Crippen LogP contribution in [0.25, 0.3) is 44.5 Å². The first-order valence-corrected chi connectivity index (χ1v) is 23.1. The van der Waals surface area contributed by atoms with Gasteiger partial charge in [-0.1, -0.05) is 157 Å². The minimum absolute atomic E-state index is 0.412. The number of hydrogen-bond acceptors (Lipinski definition) is 1. The van der Waals surface area contributed by atoms with Gasteiger partial charge in [-0.25, -0.2) is 0 Å². The Kier molecular flexibility index (Phi) is 8.06. The first-order valence-electron chi connectivity index (χ1n) is 23.1. The van der Waals surface area contributed by atoms with Crippen molar-refractivity contribution in [2.24, 2.45) is 23.7 Å². The molecule has 4 fully saturated rings. The second kappa shape index (κ2) is 13.8. The average molecular weight is 798 g/mol. The van der Waals surface area contributed by atoms with Crippen LogP contribution < -0.4 is 4.90 Å². The molecule has 8 aromatic rings.